The highest BCUT2D eigenvalue weighted by molar-refractivity contribution is 9.10. The summed E-state index contributed by atoms with van der Waals surface area (Å²) in [5.41, 5.74) is 2.63. The normalized spacial score (nSPS) is 13.8. The number of hydrogen-bond acceptors (Lipinski definition) is 2. The fraction of sp³-hybridized carbons (Fsp3) is 0.143. The number of hydrogen-bond donors (Lipinski definition) is 0. The summed E-state index contributed by atoms with van der Waals surface area (Å²) in [6.07, 6.45) is 0. The molecule has 96 valence electrons. The first kappa shape index (κ1) is 12.6. The zero-order valence-electron chi connectivity index (χ0n) is 9.94. The van der Waals surface area contributed by atoms with E-state index >= 15 is 0 Å². The van der Waals surface area contributed by atoms with Crippen molar-refractivity contribution < 1.29 is 4.79 Å². The molecule has 3 rings (SSSR count). The second-order valence-corrected chi connectivity index (χ2v) is 5.61. The zero-order chi connectivity index (χ0) is 13.4. The molecule has 0 spiro atoms. The number of rotatable bonds is 2. The molecule has 0 aliphatic carbocycles. The summed E-state index contributed by atoms with van der Waals surface area (Å²) in [4.78, 5) is 18.2. The number of amides is 1. The zero-order valence-corrected chi connectivity index (χ0v) is 12.3. The van der Waals surface area contributed by atoms with E-state index in [9.17, 15) is 4.79 Å². The molecule has 0 fully saturated rings. The molecule has 1 aromatic heterocycles. The number of carbonyl (C=O) groups is 1. The molecule has 19 heavy (non-hydrogen) atoms. The summed E-state index contributed by atoms with van der Waals surface area (Å²) in [6, 6.07) is 11.4. The van der Waals surface area contributed by atoms with E-state index in [0.29, 0.717) is 18.2 Å². The number of nitrogens with zero attached hydrogens (tertiary/aromatic N) is 2. The molecule has 0 unspecified atom stereocenters. The molecule has 2 heterocycles. The van der Waals surface area contributed by atoms with Gasteiger partial charge in [0, 0.05) is 12.1 Å². The van der Waals surface area contributed by atoms with Gasteiger partial charge >= 0.3 is 0 Å². The second-order valence-electron chi connectivity index (χ2n) is 4.39. The third kappa shape index (κ3) is 2.38. The predicted octanol–water partition coefficient (Wildman–Crippen LogP) is 3.65. The molecule has 0 N–H and O–H groups in total. The maximum atomic E-state index is 12.2. The monoisotopic (exact) mass is 336 g/mol. The quantitative estimate of drug-likeness (QED) is 0.784. The minimum absolute atomic E-state index is 0.0523. The van der Waals surface area contributed by atoms with Crippen LogP contribution in [-0.4, -0.2) is 15.8 Å². The van der Waals surface area contributed by atoms with Crippen molar-refractivity contribution in [3.05, 3.63) is 62.8 Å². The smallest absolute Gasteiger partial charge is 0.254 e. The molecule has 5 heteroatoms. The Kier molecular flexibility index (Phi) is 3.29. The van der Waals surface area contributed by atoms with Gasteiger partial charge in [0.05, 0.1) is 16.7 Å². The first-order valence-electron chi connectivity index (χ1n) is 5.83. The van der Waals surface area contributed by atoms with E-state index in [1.807, 2.05) is 36.4 Å². The number of pyridine rings is 1. The maximum Gasteiger partial charge on any atom is 0.254 e. The van der Waals surface area contributed by atoms with Gasteiger partial charge in [0.1, 0.15) is 5.15 Å². The van der Waals surface area contributed by atoms with Crippen molar-refractivity contribution in [1.82, 2.24) is 9.88 Å². The highest BCUT2D eigenvalue weighted by Gasteiger charge is 2.26. The van der Waals surface area contributed by atoms with Crippen molar-refractivity contribution in [3.63, 3.8) is 0 Å². The van der Waals surface area contributed by atoms with E-state index in [0.717, 1.165) is 21.3 Å². The predicted molar refractivity (Wildman–Crippen MR) is 77.0 cm³/mol. The molecule has 1 amide bonds. The van der Waals surface area contributed by atoms with Gasteiger partial charge in [-0.3, -0.25) is 4.79 Å². The number of halogens is 2. The first-order chi connectivity index (χ1) is 9.15. The van der Waals surface area contributed by atoms with E-state index < -0.39 is 0 Å². The summed E-state index contributed by atoms with van der Waals surface area (Å²) in [5.74, 6) is 0.0523. The van der Waals surface area contributed by atoms with E-state index in [1.54, 1.807) is 4.90 Å². The van der Waals surface area contributed by atoms with Gasteiger partial charge in [0.2, 0.25) is 0 Å². The number of benzene rings is 1. The van der Waals surface area contributed by atoms with E-state index in [-0.39, 0.29) is 5.91 Å². The Morgan fingerprint density at radius 3 is 2.79 bits per heavy atom. The van der Waals surface area contributed by atoms with Crippen LogP contribution in [0.2, 0.25) is 5.15 Å². The average Bonchev–Trinajstić information content (AvgIpc) is 2.72. The molecule has 0 atom stereocenters. The largest absolute Gasteiger partial charge is 0.328 e. The van der Waals surface area contributed by atoms with Crippen molar-refractivity contribution in [2.45, 2.75) is 13.1 Å². The van der Waals surface area contributed by atoms with Gasteiger partial charge in [-0.25, -0.2) is 4.98 Å². The Balaban J connectivity index is 1.83. The summed E-state index contributed by atoms with van der Waals surface area (Å²) in [5, 5.41) is 0.418. The molecule has 0 bridgehead atoms. The van der Waals surface area contributed by atoms with Gasteiger partial charge in [-0.1, -0.05) is 29.8 Å². The lowest BCUT2D eigenvalue weighted by Gasteiger charge is -2.15. The van der Waals surface area contributed by atoms with Crippen LogP contribution in [0.5, 0.6) is 0 Å². The van der Waals surface area contributed by atoms with Gasteiger partial charge in [0.15, 0.2) is 0 Å². The standard InChI is InChI=1S/C14H10BrClN2O/c15-12-6-5-10(17-13(12)16)8-18-7-9-3-1-2-4-11(9)14(18)19/h1-6H,7-8H2. The van der Waals surface area contributed by atoms with Crippen LogP contribution >= 0.6 is 27.5 Å². The summed E-state index contributed by atoms with van der Waals surface area (Å²) in [6.45, 7) is 1.10. The summed E-state index contributed by atoms with van der Waals surface area (Å²) < 4.78 is 0.758. The van der Waals surface area contributed by atoms with Gasteiger partial charge in [-0.2, -0.15) is 0 Å². The molecule has 0 saturated heterocycles. The average molecular weight is 338 g/mol. The summed E-state index contributed by atoms with van der Waals surface area (Å²) >= 11 is 9.27. The van der Waals surface area contributed by atoms with Crippen molar-refractivity contribution >= 4 is 33.4 Å². The van der Waals surface area contributed by atoms with Crippen molar-refractivity contribution in [1.29, 1.82) is 0 Å². The highest BCUT2D eigenvalue weighted by atomic mass is 79.9. The van der Waals surface area contributed by atoms with Crippen LogP contribution in [-0.2, 0) is 13.1 Å². The van der Waals surface area contributed by atoms with Gasteiger partial charge in [0.25, 0.3) is 5.91 Å². The Bertz CT molecular complexity index is 660. The lowest BCUT2D eigenvalue weighted by molar-refractivity contribution is 0.0764. The minimum atomic E-state index is 0.0523. The number of aromatic nitrogens is 1. The van der Waals surface area contributed by atoms with Crippen molar-refractivity contribution in [2.75, 3.05) is 0 Å². The van der Waals surface area contributed by atoms with E-state index in [2.05, 4.69) is 20.9 Å². The van der Waals surface area contributed by atoms with Crippen LogP contribution in [0.25, 0.3) is 0 Å². The molecule has 1 aliphatic rings. The molecular formula is C14H10BrClN2O. The highest BCUT2D eigenvalue weighted by Crippen LogP contribution is 2.25. The second kappa shape index (κ2) is 4.94. The Morgan fingerprint density at radius 1 is 1.26 bits per heavy atom. The molecule has 0 saturated carbocycles. The van der Waals surface area contributed by atoms with Crippen LogP contribution in [0.1, 0.15) is 21.6 Å². The number of fused-ring (bicyclic) bond motifs is 1. The van der Waals surface area contributed by atoms with Crippen LogP contribution < -0.4 is 0 Å². The molecule has 3 nitrogen and oxygen atoms in total. The molecule has 2 aromatic rings. The van der Waals surface area contributed by atoms with Crippen molar-refractivity contribution in [3.8, 4) is 0 Å². The molecular weight excluding hydrogens is 328 g/mol. The Labute approximate surface area is 124 Å². The van der Waals surface area contributed by atoms with Gasteiger partial charge in [-0.05, 0) is 39.7 Å². The molecule has 0 radical (unpaired) electrons. The number of carbonyl (C=O) groups excluding carboxylic acids is 1. The summed E-state index contributed by atoms with van der Waals surface area (Å²) in [7, 11) is 0. The topological polar surface area (TPSA) is 33.2 Å². The lowest BCUT2D eigenvalue weighted by Crippen LogP contribution is -2.23. The fourth-order valence-electron chi connectivity index (χ4n) is 2.18. The SMILES string of the molecule is O=C1c2ccccc2CN1Cc1ccc(Br)c(Cl)n1. The van der Waals surface area contributed by atoms with Crippen LogP contribution in [0.15, 0.2) is 40.9 Å². The van der Waals surface area contributed by atoms with Crippen LogP contribution in [0.4, 0.5) is 0 Å². The first-order valence-corrected chi connectivity index (χ1v) is 7.00. The van der Waals surface area contributed by atoms with E-state index in [1.165, 1.54) is 0 Å². The Morgan fingerprint density at radius 2 is 2.05 bits per heavy atom. The van der Waals surface area contributed by atoms with Gasteiger partial charge in [-0.15, -0.1) is 0 Å². The van der Waals surface area contributed by atoms with Crippen LogP contribution in [0.3, 0.4) is 0 Å². The molecule has 1 aliphatic heterocycles. The van der Waals surface area contributed by atoms with E-state index in [4.69, 9.17) is 11.6 Å². The Hall–Kier alpha value is -1.39. The maximum absolute atomic E-state index is 12.2. The van der Waals surface area contributed by atoms with Crippen LogP contribution in [0, 0.1) is 0 Å². The van der Waals surface area contributed by atoms with Gasteiger partial charge < -0.3 is 4.90 Å². The minimum Gasteiger partial charge on any atom is -0.328 e. The van der Waals surface area contributed by atoms with Crippen molar-refractivity contribution in [2.24, 2.45) is 0 Å². The molecule has 1 aromatic carbocycles. The third-order valence-corrected chi connectivity index (χ3v) is 4.27. The lowest BCUT2D eigenvalue weighted by atomic mass is 10.1. The fourth-order valence-corrected chi connectivity index (χ4v) is 2.57. The third-order valence-electron chi connectivity index (χ3n) is 3.11.